The first-order chi connectivity index (χ1) is 13.1. The van der Waals surface area contributed by atoms with Crippen molar-refractivity contribution in [2.24, 2.45) is 0 Å². The molecule has 152 valence electrons. The molecule has 1 saturated heterocycles. The third-order valence-electron chi connectivity index (χ3n) is 4.85. The average molecular weight is 413 g/mol. The van der Waals surface area contributed by atoms with E-state index in [1.54, 1.807) is 6.92 Å². The molecule has 1 N–H and O–H groups in total. The predicted octanol–water partition coefficient (Wildman–Crippen LogP) is 3.25. The summed E-state index contributed by atoms with van der Waals surface area (Å²) in [4.78, 5) is 19.8. The molecular formula is C19H22F3N3O2S. The molecule has 0 unspecified atom stereocenters. The summed E-state index contributed by atoms with van der Waals surface area (Å²) in [6.45, 7) is 5.19. The van der Waals surface area contributed by atoms with E-state index >= 15 is 0 Å². The van der Waals surface area contributed by atoms with Gasteiger partial charge >= 0.3 is 6.18 Å². The number of rotatable bonds is 4. The number of thiazole rings is 1. The van der Waals surface area contributed by atoms with Crippen LogP contribution in [0.3, 0.4) is 0 Å². The van der Waals surface area contributed by atoms with E-state index in [0.717, 1.165) is 11.3 Å². The molecule has 28 heavy (non-hydrogen) atoms. The summed E-state index contributed by atoms with van der Waals surface area (Å²) in [5, 5.41) is 11.3. The van der Waals surface area contributed by atoms with E-state index in [2.05, 4.69) is 9.88 Å². The third-order valence-corrected chi connectivity index (χ3v) is 5.96. The number of amides is 1. The minimum absolute atomic E-state index is 0.303. The first-order valence-electron chi connectivity index (χ1n) is 8.91. The molecule has 0 spiro atoms. The standard InChI is InChI=1S/C19H22F3N3O2S/c1-13-4-3-5-15(10-13)24-6-8-25(9-7-24)16(26)11-18(27,19(20,21)22)17-23-14(2)12-28-17/h3-5,10,12,27H,6-9,11H2,1-2H3/t18-/m0/s1. The highest BCUT2D eigenvalue weighted by Gasteiger charge is 2.58. The fraction of sp³-hybridized carbons (Fsp3) is 0.474. The van der Waals surface area contributed by atoms with Gasteiger partial charge in [-0.2, -0.15) is 13.2 Å². The Morgan fingerprint density at radius 3 is 2.43 bits per heavy atom. The van der Waals surface area contributed by atoms with Crippen molar-refractivity contribution >= 4 is 22.9 Å². The molecule has 2 aromatic rings. The third kappa shape index (κ3) is 4.15. The normalized spacial score (nSPS) is 17.5. The quantitative estimate of drug-likeness (QED) is 0.836. The summed E-state index contributed by atoms with van der Waals surface area (Å²) < 4.78 is 40.8. The minimum Gasteiger partial charge on any atom is -0.374 e. The molecule has 1 amide bonds. The van der Waals surface area contributed by atoms with Crippen LogP contribution in [0.2, 0.25) is 0 Å². The minimum atomic E-state index is -4.99. The molecule has 0 aliphatic carbocycles. The lowest BCUT2D eigenvalue weighted by atomic mass is 9.98. The Balaban J connectivity index is 1.69. The van der Waals surface area contributed by atoms with Crippen LogP contribution >= 0.6 is 11.3 Å². The average Bonchev–Trinajstić information content (AvgIpc) is 3.08. The van der Waals surface area contributed by atoms with Gasteiger partial charge in [0, 0.05) is 42.9 Å². The van der Waals surface area contributed by atoms with Gasteiger partial charge < -0.3 is 14.9 Å². The van der Waals surface area contributed by atoms with Crippen LogP contribution in [0.1, 0.15) is 22.7 Å². The molecule has 9 heteroatoms. The SMILES string of the molecule is Cc1cccc(N2CCN(C(=O)C[C@](O)(c3nc(C)cs3)C(F)(F)F)CC2)c1. The number of anilines is 1. The van der Waals surface area contributed by atoms with E-state index in [-0.39, 0.29) is 0 Å². The maximum Gasteiger partial charge on any atom is 0.424 e. The van der Waals surface area contributed by atoms with Gasteiger partial charge in [0.05, 0.1) is 6.42 Å². The lowest BCUT2D eigenvalue weighted by Crippen LogP contribution is -2.52. The number of aryl methyl sites for hydroxylation is 2. The molecule has 1 aromatic heterocycles. The van der Waals surface area contributed by atoms with Gasteiger partial charge in [-0.25, -0.2) is 4.98 Å². The van der Waals surface area contributed by atoms with Gasteiger partial charge in [0.25, 0.3) is 0 Å². The van der Waals surface area contributed by atoms with Crippen molar-refractivity contribution < 1.29 is 23.1 Å². The van der Waals surface area contributed by atoms with Crippen molar-refractivity contribution in [3.8, 4) is 0 Å². The molecule has 1 aromatic carbocycles. The molecule has 3 rings (SSSR count). The number of hydrogen-bond acceptors (Lipinski definition) is 5. The second kappa shape index (κ2) is 7.71. The predicted molar refractivity (Wildman–Crippen MR) is 101 cm³/mol. The Morgan fingerprint density at radius 1 is 1.21 bits per heavy atom. The lowest BCUT2D eigenvalue weighted by Gasteiger charge is -2.38. The van der Waals surface area contributed by atoms with E-state index in [9.17, 15) is 23.1 Å². The number of carbonyl (C=O) groups is 1. The van der Waals surface area contributed by atoms with Gasteiger partial charge in [-0.3, -0.25) is 4.79 Å². The van der Waals surface area contributed by atoms with E-state index in [1.807, 2.05) is 31.2 Å². The Hall–Kier alpha value is -2.13. The summed E-state index contributed by atoms with van der Waals surface area (Å²) in [5.74, 6) is -0.725. The Bertz CT molecular complexity index is 847. The molecule has 0 radical (unpaired) electrons. The van der Waals surface area contributed by atoms with Crippen LogP contribution in [-0.2, 0) is 10.4 Å². The topological polar surface area (TPSA) is 56.7 Å². The highest BCUT2D eigenvalue weighted by atomic mass is 32.1. The molecule has 0 saturated carbocycles. The number of alkyl halides is 3. The van der Waals surface area contributed by atoms with Crippen molar-refractivity contribution in [1.29, 1.82) is 0 Å². The van der Waals surface area contributed by atoms with Crippen LogP contribution in [0, 0.1) is 13.8 Å². The van der Waals surface area contributed by atoms with Gasteiger partial charge in [-0.15, -0.1) is 11.3 Å². The van der Waals surface area contributed by atoms with Crippen molar-refractivity contribution in [3.05, 3.63) is 45.9 Å². The van der Waals surface area contributed by atoms with Crippen molar-refractivity contribution in [3.63, 3.8) is 0 Å². The number of nitrogens with zero attached hydrogens (tertiary/aromatic N) is 3. The number of halogens is 3. The molecule has 0 bridgehead atoms. The monoisotopic (exact) mass is 413 g/mol. The highest BCUT2D eigenvalue weighted by Crippen LogP contribution is 2.43. The van der Waals surface area contributed by atoms with Crippen LogP contribution in [0.4, 0.5) is 18.9 Å². The first-order valence-corrected chi connectivity index (χ1v) is 9.79. The number of carbonyl (C=O) groups excluding carboxylic acids is 1. The lowest BCUT2D eigenvalue weighted by molar-refractivity contribution is -0.268. The summed E-state index contributed by atoms with van der Waals surface area (Å²) in [6.07, 6.45) is -6.05. The van der Waals surface area contributed by atoms with Gasteiger partial charge in [0.15, 0.2) is 0 Å². The summed E-state index contributed by atoms with van der Waals surface area (Å²) in [6, 6.07) is 7.94. The first kappa shape index (κ1) is 20.6. The molecule has 1 fully saturated rings. The highest BCUT2D eigenvalue weighted by molar-refractivity contribution is 7.09. The van der Waals surface area contributed by atoms with Crippen molar-refractivity contribution in [1.82, 2.24) is 9.88 Å². The van der Waals surface area contributed by atoms with Crippen LogP contribution in [0.25, 0.3) is 0 Å². The zero-order valence-electron chi connectivity index (χ0n) is 15.7. The van der Waals surface area contributed by atoms with E-state index < -0.39 is 29.1 Å². The van der Waals surface area contributed by atoms with E-state index in [0.29, 0.717) is 43.2 Å². The van der Waals surface area contributed by atoms with Crippen LogP contribution in [0.5, 0.6) is 0 Å². The summed E-state index contributed by atoms with van der Waals surface area (Å²) in [5.41, 5.74) is -0.750. The fourth-order valence-corrected chi connectivity index (χ4v) is 4.12. The molecule has 5 nitrogen and oxygen atoms in total. The molecular weight excluding hydrogens is 391 g/mol. The second-order valence-electron chi connectivity index (χ2n) is 7.04. The molecule has 1 aliphatic rings. The Kier molecular flexibility index (Phi) is 5.67. The summed E-state index contributed by atoms with van der Waals surface area (Å²) >= 11 is 0.711. The second-order valence-corrected chi connectivity index (χ2v) is 7.89. The van der Waals surface area contributed by atoms with E-state index in [1.165, 1.54) is 10.3 Å². The fourth-order valence-electron chi connectivity index (χ4n) is 3.21. The molecule has 1 aliphatic heterocycles. The maximum atomic E-state index is 13.6. The van der Waals surface area contributed by atoms with Gasteiger partial charge in [0.1, 0.15) is 5.01 Å². The number of piperazine rings is 1. The van der Waals surface area contributed by atoms with Gasteiger partial charge in [-0.1, -0.05) is 12.1 Å². The maximum absolute atomic E-state index is 13.6. The number of aromatic nitrogens is 1. The van der Waals surface area contributed by atoms with Crippen molar-refractivity contribution in [2.45, 2.75) is 32.0 Å². The number of aliphatic hydroxyl groups is 1. The van der Waals surface area contributed by atoms with Crippen molar-refractivity contribution in [2.75, 3.05) is 31.1 Å². The van der Waals surface area contributed by atoms with Gasteiger partial charge in [-0.05, 0) is 31.5 Å². The Morgan fingerprint density at radius 2 is 1.89 bits per heavy atom. The zero-order valence-corrected chi connectivity index (χ0v) is 16.5. The Labute approximate surface area is 165 Å². The smallest absolute Gasteiger partial charge is 0.374 e. The van der Waals surface area contributed by atoms with Crippen LogP contribution in [0.15, 0.2) is 29.6 Å². The summed E-state index contributed by atoms with van der Waals surface area (Å²) in [7, 11) is 0. The molecule has 1 atom stereocenters. The number of benzene rings is 1. The van der Waals surface area contributed by atoms with Crippen LogP contribution in [-0.4, -0.2) is 53.3 Å². The van der Waals surface area contributed by atoms with E-state index in [4.69, 9.17) is 0 Å². The zero-order chi connectivity index (χ0) is 20.5. The van der Waals surface area contributed by atoms with Gasteiger partial charge in [0.2, 0.25) is 11.5 Å². The molecule has 2 heterocycles. The largest absolute Gasteiger partial charge is 0.424 e. The van der Waals surface area contributed by atoms with Crippen LogP contribution < -0.4 is 4.90 Å². The number of hydrogen-bond donors (Lipinski definition) is 1.